The van der Waals surface area contributed by atoms with Crippen LogP contribution < -0.4 is 10.9 Å². The van der Waals surface area contributed by atoms with E-state index in [1.165, 1.54) is 42.6 Å². The molecule has 7 nitrogen and oxygen atoms in total. The molecule has 1 aliphatic carbocycles. The van der Waals surface area contributed by atoms with Gasteiger partial charge in [0.25, 0.3) is 5.56 Å². The third-order valence-corrected chi connectivity index (χ3v) is 7.32. The number of fused-ring (bicyclic) bond motifs is 1. The highest BCUT2D eigenvalue weighted by Gasteiger charge is 2.16. The third-order valence-electron chi connectivity index (χ3n) is 6.39. The minimum absolute atomic E-state index is 0.271. The van der Waals surface area contributed by atoms with Gasteiger partial charge >= 0.3 is 5.97 Å². The second kappa shape index (κ2) is 11.0. The molecule has 1 saturated carbocycles. The fourth-order valence-electron chi connectivity index (χ4n) is 4.38. The number of nitrogens with one attached hydrogen (secondary N) is 1. The van der Waals surface area contributed by atoms with Crippen molar-refractivity contribution in [1.29, 1.82) is 0 Å². The first kappa shape index (κ1) is 24.1. The summed E-state index contributed by atoms with van der Waals surface area (Å²) in [5, 5.41) is 15.7. The monoisotopic (exact) mass is 480 g/mol. The van der Waals surface area contributed by atoms with Gasteiger partial charge in [-0.1, -0.05) is 33.1 Å². The van der Waals surface area contributed by atoms with Crippen molar-refractivity contribution in [2.75, 3.05) is 11.9 Å². The number of hydrogen-bond acceptors (Lipinski definition) is 6. The maximum absolute atomic E-state index is 13.2. The third kappa shape index (κ3) is 5.91. The lowest BCUT2D eigenvalue weighted by atomic mass is 9.89. The molecule has 1 fully saturated rings. The van der Waals surface area contributed by atoms with Gasteiger partial charge in [-0.05, 0) is 54.9 Å². The quantitative estimate of drug-likeness (QED) is 0.411. The second-order valence-electron chi connectivity index (χ2n) is 9.32. The van der Waals surface area contributed by atoms with Crippen molar-refractivity contribution in [3.8, 4) is 0 Å². The zero-order valence-electron chi connectivity index (χ0n) is 19.8. The average molecular weight is 481 g/mol. The number of anilines is 1. The Balaban J connectivity index is 1.59. The van der Waals surface area contributed by atoms with E-state index in [-0.39, 0.29) is 11.1 Å². The lowest BCUT2D eigenvalue weighted by Gasteiger charge is -2.22. The summed E-state index contributed by atoms with van der Waals surface area (Å²) in [6.45, 7) is 5.02. The van der Waals surface area contributed by atoms with E-state index in [1.807, 2.05) is 12.1 Å². The predicted octanol–water partition coefficient (Wildman–Crippen LogP) is 5.15. The van der Waals surface area contributed by atoms with Gasteiger partial charge < -0.3 is 10.4 Å². The number of nitrogens with zero attached hydrogens (tertiary/aromatic N) is 3. The van der Waals surface area contributed by atoms with Crippen molar-refractivity contribution in [2.45, 2.75) is 64.7 Å². The number of thiazole rings is 1. The molecule has 8 heteroatoms. The molecule has 34 heavy (non-hydrogen) atoms. The number of carbonyl (C=O) groups is 1. The molecule has 0 aliphatic heterocycles. The number of hydrogen-bond donors (Lipinski definition) is 2. The molecule has 180 valence electrons. The van der Waals surface area contributed by atoms with Crippen LogP contribution in [0.2, 0.25) is 0 Å². The van der Waals surface area contributed by atoms with Gasteiger partial charge in [-0.3, -0.25) is 9.20 Å². The Hall–Kier alpha value is -3.00. The van der Waals surface area contributed by atoms with Crippen LogP contribution in [0.1, 0.15) is 73.7 Å². The van der Waals surface area contributed by atoms with E-state index < -0.39 is 5.97 Å². The van der Waals surface area contributed by atoms with E-state index in [2.05, 4.69) is 24.5 Å². The Bertz CT molecular complexity index is 1240. The van der Waals surface area contributed by atoms with Crippen molar-refractivity contribution in [2.24, 2.45) is 5.92 Å². The summed E-state index contributed by atoms with van der Waals surface area (Å²) >= 11 is 1.69. The largest absolute Gasteiger partial charge is 0.478 e. The number of carboxylic acids is 1. The average Bonchev–Trinajstić information content (AvgIpc) is 3.31. The van der Waals surface area contributed by atoms with E-state index >= 15 is 0 Å². The summed E-state index contributed by atoms with van der Waals surface area (Å²) in [5.74, 6) is 0.323. The number of carboxylic acid groups (broad SMARTS) is 1. The minimum atomic E-state index is -1.10. The molecule has 0 saturated heterocycles. The van der Waals surface area contributed by atoms with Crippen LogP contribution in [0.4, 0.5) is 5.82 Å². The van der Waals surface area contributed by atoms with Gasteiger partial charge in [-0.25, -0.2) is 14.8 Å². The summed E-state index contributed by atoms with van der Waals surface area (Å²) in [7, 11) is 0. The number of aryl methyl sites for hydroxylation is 2. The van der Waals surface area contributed by atoms with Crippen molar-refractivity contribution < 1.29 is 9.90 Å². The standard InChI is InChI=1S/C26H32N4O3S/c1-17(2)21-16-34-23(28-21)10-8-18-12-13-30-22(14-18)29-25(20(26(30)33)9-11-24(31)32)27-15-19-6-4-3-5-7-19/h9,11-14,16-17,19,27H,3-8,10,15H2,1-2H3,(H,31,32)/b11-9+. The molecule has 3 aromatic rings. The first-order valence-electron chi connectivity index (χ1n) is 12.0. The van der Waals surface area contributed by atoms with Crippen LogP contribution >= 0.6 is 11.3 Å². The van der Waals surface area contributed by atoms with Gasteiger partial charge in [0, 0.05) is 30.6 Å². The molecule has 4 rings (SSSR count). The smallest absolute Gasteiger partial charge is 0.328 e. The fourth-order valence-corrected chi connectivity index (χ4v) is 5.34. The fraction of sp³-hybridized carbons (Fsp3) is 0.462. The minimum Gasteiger partial charge on any atom is -0.478 e. The van der Waals surface area contributed by atoms with Gasteiger partial charge in [0.15, 0.2) is 0 Å². The number of aliphatic carboxylic acids is 1. The van der Waals surface area contributed by atoms with Gasteiger partial charge in [0.05, 0.1) is 16.3 Å². The SMILES string of the molecule is CC(C)c1csc(CCc2ccn3c(=O)c(/C=C/C(=O)O)c(NCC4CCCCC4)nc3c2)n1. The molecule has 3 heterocycles. The molecule has 0 unspecified atom stereocenters. The molecule has 0 radical (unpaired) electrons. The lowest BCUT2D eigenvalue weighted by Crippen LogP contribution is -2.23. The van der Waals surface area contributed by atoms with Crippen LogP contribution in [0.3, 0.4) is 0 Å². The highest BCUT2D eigenvalue weighted by atomic mass is 32.1. The van der Waals surface area contributed by atoms with Crippen molar-refractivity contribution >= 4 is 34.8 Å². The summed E-state index contributed by atoms with van der Waals surface area (Å²) in [4.78, 5) is 33.7. The normalized spacial score (nSPS) is 14.9. The number of rotatable bonds is 9. The van der Waals surface area contributed by atoms with Crippen LogP contribution in [-0.2, 0) is 17.6 Å². The van der Waals surface area contributed by atoms with Crippen LogP contribution in [0.15, 0.2) is 34.6 Å². The Kier molecular flexibility index (Phi) is 7.77. The summed E-state index contributed by atoms with van der Waals surface area (Å²) in [6.07, 6.45) is 11.8. The Morgan fingerprint density at radius 3 is 2.76 bits per heavy atom. The van der Waals surface area contributed by atoms with E-state index in [0.29, 0.717) is 23.3 Å². The van der Waals surface area contributed by atoms with E-state index in [4.69, 9.17) is 15.1 Å². The first-order valence-corrected chi connectivity index (χ1v) is 12.9. The van der Waals surface area contributed by atoms with Crippen molar-refractivity contribution in [1.82, 2.24) is 14.4 Å². The predicted molar refractivity (Wildman–Crippen MR) is 137 cm³/mol. The zero-order chi connectivity index (χ0) is 24.1. The molecule has 0 aromatic carbocycles. The highest BCUT2D eigenvalue weighted by Crippen LogP contribution is 2.25. The maximum Gasteiger partial charge on any atom is 0.328 e. The van der Waals surface area contributed by atoms with Gasteiger partial charge in [-0.2, -0.15) is 0 Å². The van der Waals surface area contributed by atoms with Gasteiger partial charge in [0.1, 0.15) is 11.5 Å². The van der Waals surface area contributed by atoms with E-state index in [9.17, 15) is 9.59 Å². The maximum atomic E-state index is 13.2. The van der Waals surface area contributed by atoms with Crippen molar-refractivity contribution in [3.05, 3.63) is 62.0 Å². The van der Waals surface area contributed by atoms with Crippen LogP contribution in [0.25, 0.3) is 11.7 Å². The summed E-state index contributed by atoms with van der Waals surface area (Å²) < 4.78 is 1.48. The number of aromatic nitrogens is 3. The first-order chi connectivity index (χ1) is 16.4. The van der Waals surface area contributed by atoms with Crippen molar-refractivity contribution in [3.63, 3.8) is 0 Å². The zero-order valence-corrected chi connectivity index (χ0v) is 20.6. The van der Waals surface area contributed by atoms with E-state index in [0.717, 1.165) is 41.7 Å². The Labute approximate surface area is 203 Å². The van der Waals surface area contributed by atoms with Crippen LogP contribution in [0.5, 0.6) is 0 Å². The molecule has 1 aliphatic rings. The van der Waals surface area contributed by atoms with Crippen LogP contribution in [0, 0.1) is 5.92 Å². The highest BCUT2D eigenvalue weighted by molar-refractivity contribution is 7.09. The summed E-state index contributed by atoms with van der Waals surface area (Å²) in [5.41, 5.74) is 2.76. The molecular weight excluding hydrogens is 448 g/mol. The summed E-state index contributed by atoms with van der Waals surface area (Å²) in [6, 6.07) is 3.86. The van der Waals surface area contributed by atoms with Crippen LogP contribution in [-0.4, -0.2) is 32.0 Å². The molecule has 0 amide bonds. The molecule has 3 aromatic heterocycles. The molecule has 0 bridgehead atoms. The lowest BCUT2D eigenvalue weighted by molar-refractivity contribution is -0.131. The Morgan fingerprint density at radius 1 is 1.26 bits per heavy atom. The van der Waals surface area contributed by atoms with Gasteiger partial charge in [-0.15, -0.1) is 11.3 Å². The Morgan fingerprint density at radius 2 is 2.06 bits per heavy atom. The molecule has 0 spiro atoms. The molecular formula is C26H32N4O3S. The van der Waals surface area contributed by atoms with E-state index in [1.54, 1.807) is 17.5 Å². The topological polar surface area (TPSA) is 96.6 Å². The number of pyridine rings is 1. The molecule has 0 atom stereocenters. The molecule has 2 N–H and O–H groups in total. The second-order valence-corrected chi connectivity index (χ2v) is 10.3. The van der Waals surface area contributed by atoms with Gasteiger partial charge in [0.2, 0.25) is 0 Å².